The van der Waals surface area contributed by atoms with Gasteiger partial charge in [-0.05, 0) is 46.1 Å². The zero-order valence-corrected chi connectivity index (χ0v) is 15.3. The van der Waals surface area contributed by atoms with Gasteiger partial charge < -0.3 is 10.1 Å². The van der Waals surface area contributed by atoms with Crippen molar-refractivity contribution >= 4 is 6.09 Å². The van der Waals surface area contributed by atoms with Crippen LogP contribution in [0.3, 0.4) is 0 Å². The number of rotatable bonds is 3. The Balaban J connectivity index is 1.68. The summed E-state index contributed by atoms with van der Waals surface area (Å²) in [7, 11) is 0. The van der Waals surface area contributed by atoms with Crippen molar-refractivity contribution in [2.45, 2.75) is 64.6 Å². The van der Waals surface area contributed by atoms with E-state index in [1.54, 1.807) is 0 Å². The fourth-order valence-corrected chi connectivity index (χ4v) is 4.03. The van der Waals surface area contributed by atoms with Crippen LogP contribution >= 0.6 is 0 Å². The molecule has 2 atom stereocenters. The topological polar surface area (TPSA) is 41.6 Å². The van der Waals surface area contributed by atoms with Crippen molar-refractivity contribution in [2.24, 2.45) is 5.41 Å². The highest BCUT2D eigenvalue weighted by atomic mass is 16.6. The number of carbonyl (C=O) groups is 1. The molecule has 3 rings (SSSR count). The van der Waals surface area contributed by atoms with Crippen molar-refractivity contribution in [3.63, 3.8) is 0 Å². The molecule has 1 spiro atoms. The molecule has 1 aliphatic heterocycles. The van der Waals surface area contributed by atoms with E-state index >= 15 is 0 Å². The second-order valence-electron chi connectivity index (χ2n) is 8.43. The van der Waals surface area contributed by atoms with Crippen molar-refractivity contribution in [3.05, 3.63) is 35.9 Å². The molecule has 1 amide bonds. The van der Waals surface area contributed by atoms with Crippen molar-refractivity contribution < 1.29 is 9.53 Å². The third-order valence-corrected chi connectivity index (χ3v) is 5.54. The third kappa shape index (κ3) is 3.59. The zero-order chi connectivity index (χ0) is 17.4. The number of nitrogens with zero attached hydrogens (tertiary/aromatic N) is 1. The number of hydrogen-bond acceptors (Lipinski definition) is 3. The van der Waals surface area contributed by atoms with E-state index in [0.29, 0.717) is 6.04 Å². The predicted molar refractivity (Wildman–Crippen MR) is 95.9 cm³/mol. The summed E-state index contributed by atoms with van der Waals surface area (Å²) in [5.41, 5.74) is 1.12. The maximum Gasteiger partial charge on any atom is 0.407 e. The van der Waals surface area contributed by atoms with Crippen molar-refractivity contribution in [1.29, 1.82) is 0 Å². The number of amides is 1. The first-order valence-corrected chi connectivity index (χ1v) is 9.08. The summed E-state index contributed by atoms with van der Waals surface area (Å²) in [5, 5.41) is 3.16. The molecule has 4 heteroatoms. The Morgan fingerprint density at radius 1 is 1.29 bits per heavy atom. The van der Waals surface area contributed by atoms with Gasteiger partial charge in [0.15, 0.2) is 0 Å². The molecular weight excluding hydrogens is 300 g/mol. The molecule has 1 heterocycles. The Hall–Kier alpha value is -1.55. The average molecular weight is 330 g/mol. The highest BCUT2D eigenvalue weighted by molar-refractivity contribution is 5.68. The highest BCUT2D eigenvalue weighted by Gasteiger charge is 2.52. The summed E-state index contributed by atoms with van der Waals surface area (Å²) in [6.45, 7) is 9.94. The second kappa shape index (κ2) is 6.40. The maximum absolute atomic E-state index is 12.2. The first kappa shape index (κ1) is 17.3. The van der Waals surface area contributed by atoms with Crippen LogP contribution in [0.25, 0.3) is 0 Å². The van der Waals surface area contributed by atoms with Gasteiger partial charge in [0.05, 0.1) is 6.04 Å². The standard InChI is InChI=1S/C20H30N2O2/c1-15(16-9-6-5-7-10-16)22-13-17(20(14-22)11-8-12-20)21-18(23)24-19(2,3)4/h5-7,9-10,15,17H,8,11-14H2,1-4H3,(H,21,23). The van der Waals surface area contributed by atoms with Gasteiger partial charge in [0.25, 0.3) is 0 Å². The minimum atomic E-state index is -0.452. The van der Waals surface area contributed by atoms with Crippen molar-refractivity contribution in [2.75, 3.05) is 13.1 Å². The molecule has 4 nitrogen and oxygen atoms in total. The number of likely N-dealkylation sites (tertiary alicyclic amines) is 1. The van der Waals surface area contributed by atoms with Gasteiger partial charge in [-0.15, -0.1) is 0 Å². The van der Waals surface area contributed by atoms with Gasteiger partial charge in [0.1, 0.15) is 5.60 Å². The normalized spacial score (nSPS) is 24.4. The Morgan fingerprint density at radius 2 is 1.96 bits per heavy atom. The first-order valence-electron chi connectivity index (χ1n) is 9.08. The molecule has 2 aliphatic rings. The van der Waals surface area contributed by atoms with Crippen LogP contribution in [0.4, 0.5) is 4.79 Å². The molecule has 0 aromatic heterocycles. The largest absolute Gasteiger partial charge is 0.444 e. The minimum Gasteiger partial charge on any atom is -0.444 e. The van der Waals surface area contributed by atoms with E-state index in [-0.39, 0.29) is 17.6 Å². The van der Waals surface area contributed by atoms with Crippen LogP contribution in [0.5, 0.6) is 0 Å². The Kier molecular flexibility index (Phi) is 4.60. The Labute approximate surface area is 145 Å². The lowest BCUT2D eigenvalue weighted by Gasteiger charge is -2.43. The van der Waals surface area contributed by atoms with Crippen LogP contribution in [0.15, 0.2) is 30.3 Å². The van der Waals surface area contributed by atoms with Crippen molar-refractivity contribution in [3.8, 4) is 0 Å². The van der Waals surface area contributed by atoms with Crippen molar-refractivity contribution in [1.82, 2.24) is 10.2 Å². The van der Waals surface area contributed by atoms with E-state index in [4.69, 9.17) is 4.74 Å². The summed E-state index contributed by atoms with van der Waals surface area (Å²) >= 11 is 0. The fraction of sp³-hybridized carbons (Fsp3) is 0.650. The molecule has 2 fully saturated rings. The molecule has 1 aromatic rings. The molecular formula is C20H30N2O2. The van der Waals surface area contributed by atoms with Gasteiger partial charge in [-0.25, -0.2) is 4.79 Å². The number of ether oxygens (including phenoxy) is 1. The molecule has 1 N–H and O–H groups in total. The van der Waals surface area contributed by atoms with E-state index in [0.717, 1.165) is 13.1 Å². The summed E-state index contributed by atoms with van der Waals surface area (Å²) in [5.74, 6) is 0. The molecule has 132 valence electrons. The third-order valence-electron chi connectivity index (χ3n) is 5.54. The lowest BCUT2D eigenvalue weighted by atomic mass is 9.65. The smallest absolute Gasteiger partial charge is 0.407 e. The highest BCUT2D eigenvalue weighted by Crippen LogP contribution is 2.49. The minimum absolute atomic E-state index is 0.187. The molecule has 2 unspecified atom stereocenters. The number of carbonyl (C=O) groups excluding carboxylic acids is 1. The summed E-state index contributed by atoms with van der Waals surface area (Å²) in [4.78, 5) is 14.7. The van der Waals surface area contributed by atoms with Crippen LogP contribution in [0.2, 0.25) is 0 Å². The van der Waals surface area contributed by atoms with Crippen LogP contribution in [-0.4, -0.2) is 35.7 Å². The number of benzene rings is 1. The van der Waals surface area contributed by atoms with Gasteiger partial charge in [-0.1, -0.05) is 36.8 Å². The average Bonchev–Trinajstić information content (AvgIpc) is 2.85. The molecule has 1 saturated heterocycles. The van der Waals surface area contributed by atoms with Crippen LogP contribution < -0.4 is 5.32 Å². The van der Waals surface area contributed by atoms with Crippen LogP contribution in [0, 0.1) is 5.41 Å². The van der Waals surface area contributed by atoms with E-state index in [2.05, 4.69) is 47.5 Å². The SMILES string of the molecule is CC(c1ccccc1)N1CC(NC(=O)OC(C)(C)C)C2(CCC2)C1. The molecule has 1 aliphatic carbocycles. The quantitative estimate of drug-likeness (QED) is 0.906. The van der Waals surface area contributed by atoms with Gasteiger partial charge in [0.2, 0.25) is 0 Å². The second-order valence-corrected chi connectivity index (χ2v) is 8.43. The van der Waals surface area contributed by atoms with Gasteiger partial charge >= 0.3 is 6.09 Å². The van der Waals surface area contributed by atoms with Gasteiger partial charge in [-0.2, -0.15) is 0 Å². The van der Waals surface area contributed by atoms with Gasteiger partial charge in [-0.3, -0.25) is 4.90 Å². The summed E-state index contributed by atoms with van der Waals surface area (Å²) < 4.78 is 5.47. The van der Waals surface area contributed by atoms with E-state index in [1.165, 1.54) is 24.8 Å². The predicted octanol–water partition coefficient (Wildman–Crippen LogP) is 4.13. The van der Waals surface area contributed by atoms with E-state index in [1.807, 2.05) is 20.8 Å². The first-order chi connectivity index (χ1) is 11.3. The molecule has 1 saturated carbocycles. The van der Waals surface area contributed by atoms with E-state index < -0.39 is 5.60 Å². The van der Waals surface area contributed by atoms with Crippen LogP contribution in [-0.2, 0) is 4.74 Å². The number of hydrogen-bond donors (Lipinski definition) is 1. The Morgan fingerprint density at radius 3 is 2.50 bits per heavy atom. The lowest BCUT2D eigenvalue weighted by molar-refractivity contribution is 0.0402. The summed E-state index contributed by atoms with van der Waals surface area (Å²) in [6.07, 6.45) is 3.38. The zero-order valence-electron chi connectivity index (χ0n) is 15.3. The fourth-order valence-electron chi connectivity index (χ4n) is 4.03. The van der Waals surface area contributed by atoms with Crippen LogP contribution in [0.1, 0.15) is 58.6 Å². The molecule has 24 heavy (non-hydrogen) atoms. The number of nitrogens with one attached hydrogen (secondary N) is 1. The molecule has 0 bridgehead atoms. The van der Waals surface area contributed by atoms with E-state index in [9.17, 15) is 4.79 Å². The lowest BCUT2D eigenvalue weighted by Crippen LogP contribution is -2.51. The maximum atomic E-state index is 12.2. The van der Waals surface area contributed by atoms with Gasteiger partial charge in [0, 0.05) is 24.5 Å². The summed E-state index contributed by atoms with van der Waals surface area (Å²) in [6, 6.07) is 11.2. The Bertz CT molecular complexity index is 575. The number of alkyl carbamates (subject to hydrolysis) is 1. The monoisotopic (exact) mass is 330 g/mol. The molecule has 1 aromatic carbocycles. The molecule has 0 radical (unpaired) electrons.